The van der Waals surface area contributed by atoms with Gasteiger partial charge in [0.2, 0.25) is 0 Å². The van der Waals surface area contributed by atoms with Crippen LogP contribution in [-0.4, -0.2) is 22.6 Å². The molecule has 0 aliphatic rings. The maximum absolute atomic E-state index is 11.9. The molecule has 0 bridgehead atoms. The first-order chi connectivity index (χ1) is 8.62. The van der Waals surface area contributed by atoms with Gasteiger partial charge in [-0.1, -0.05) is 45.9 Å². The second kappa shape index (κ2) is 8.31. The summed E-state index contributed by atoms with van der Waals surface area (Å²) in [5, 5.41) is 9.25. The topological polar surface area (TPSA) is 37.3 Å². The summed E-state index contributed by atoms with van der Waals surface area (Å²) in [5.74, 6) is 2.40. The van der Waals surface area contributed by atoms with Crippen LogP contribution in [0.4, 0.5) is 0 Å². The highest BCUT2D eigenvalue weighted by molar-refractivity contribution is 8.13. The number of aliphatic hydroxyl groups excluding tert-OH is 1. The van der Waals surface area contributed by atoms with Crippen molar-refractivity contribution < 1.29 is 9.90 Å². The van der Waals surface area contributed by atoms with Gasteiger partial charge < -0.3 is 11.0 Å². The lowest BCUT2D eigenvalue weighted by atomic mass is 9.85. The second-order valence-corrected chi connectivity index (χ2v) is 8.16. The lowest BCUT2D eigenvalue weighted by Crippen LogP contribution is -2.26. The monoisotopic (exact) mass is 287 g/mol. The fraction of sp³-hybridized carbons (Fsp3) is 0.875. The van der Waals surface area contributed by atoms with Gasteiger partial charge in [-0.2, -0.15) is 19.3 Å². The number of hydrogen-bond acceptors (Lipinski definition) is 3. The molecule has 0 spiro atoms. The first-order valence-corrected chi connectivity index (χ1v) is 8.22. The van der Waals surface area contributed by atoms with Gasteiger partial charge in [0.25, 0.3) is 0 Å². The average molecular weight is 287 g/mol. The van der Waals surface area contributed by atoms with Gasteiger partial charge in [0.15, 0.2) is 5.12 Å². The van der Waals surface area contributed by atoms with Gasteiger partial charge in [-0.05, 0) is 25.0 Å². The Morgan fingerprint density at radius 3 is 2.16 bits per heavy atom. The third-order valence-corrected chi connectivity index (χ3v) is 4.59. The zero-order valence-electron chi connectivity index (χ0n) is 13.5. The Bertz CT molecular complexity index is 266. The maximum atomic E-state index is 11.9. The number of hydrogen-bond donors (Lipinski definition) is 1. The van der Waals surface area contributed by atoms with E-state index in [1.54, 1.807) is 19.8 Å². The quantitative estimate of drug-likeness (QED) is 0.669. The summed E-state index contributed by atoms with van der Waals surface area (Å²) in [6.07, 6.45) is 4.49. The van der Waals surface area contributed by atoms with Crippen LogP contribution in [0.3, 0.4) is 0 Å². The highest BCUT2D eigenvalue weighted by Gasteiger charge is 2.26. The average Bonchev–Trinajstić information content (AvgIpc) is 2.31. The van der Waals surface area contributed by atoms with Crippen molar-refractivity contribution in [2.45, 2.75) is 67.2 Å². The maximum Gasteiger partial charge on any atom is 0.196 e. The van der Waals surface area contributed by atoms with Gasteiger partial charge >= 0.3 is 0 Å². The van der Waals surface area contributed by atoms with Crippen molar-refractivity contribution in [2.75, 3.05) is 12.4 Å². The third-order valence-electron chi connectivity index (χ3n) is 3.37. The SMILES string of the molecule is CC[C-](CCSC(=O)C(C)(C)CO)CCC(C)(C)C. The molecule has 0 rings (SSSR count). The fourth-order valence-electron chi connectivity index (χ4n) is 1.58. The molecule has 0 aliphatic heterocycles. The molecule has 3 heteroatoms. The molecule has 0 aliphatic carbocycles. The summed E-state index contributed by atoms with van der Waals surface area (Å²) >= 11 is 1.37. The third kappa shape index (κ3) is 8.69. The van der Waals surface area contributed by atoms with Gasteiger partial charge in [-0.15, -0.1) is 0 Å². The Morgan fingerprint density at radius 1 is 1.16 bits per heavy atom. The van der Waals surface area contributed by atoms with Crippen molar-refractivity contribution in [2.24, 2.45) is 10.8 Å². The highest BCUT2D eigenvalue weighted by Crippen LogP contribution is 2.30. The molecule has 0 aromatic carbocycles. The van der Waals surface area contributed by atoms with E-state index in [0.717, 1.165) is 25.0 Å². The Hall–Kier alpha value is -0.0200. The lowest BCUT2D eigenvalue weighted by Gasteiger charge is -2.32. The van der Waals surface area contributed by atoms with E-state index in [1.165, 1.54) is 18.2 Å². The first-order valence-electron chi connectivity index (χ1n) is 7.24. The molecule has 0 radical (unpaired) electrons. The molecule has 0 unspecified atom stereocenters. The van der Waals surface area contributed by atoms with Gasteiger partial charge in [-0.25, -0.2) is 0 Å². The van der Waals surface area contributed by atoms with Crippen LogP contribution in [0.5, 0.6) is 0 Å². The van der Waals surface area contributed by atoms with E-state index in [1.807, 2.05) is 0 Å². The molecule has 0 saturated carbocycles. The van der Waals surface area contributed by atoms with Crippen LogP contribution in [0.15, 0.2) is 0 Å². The second-order valence-electron chi connectivity index (χ2n) is 7.09. The Kier molecular flexibility index (Phi) is 8.30. The van der Waals surface area contributed by atoms with Crippen LogP contribution in [0.1, 0.15) is 67.2 Å². The van der Waals surface area contributed by atoms with E-state index >= 15 is 0 Å². The predicted octanol–water partition coefficient (Wildman–Crippen LogP) is 4.47. The summed E-state index contributed by atoms with van der Waals surface area (Å²) in [5.41, 5.74) is -0.231. The van der Waals surface area contributed by atoms with E-state index in [2.05, 4.69) is 27.7 Å². The minimum absolute atomic E-state index is 0.0762. The van der Waals surface area contributed by atoms with Gasteiger partial charge in [0, 0.05) is 0 Å². The molecule has 1 N–H and O–H groups in total. The Labute approximate surface area is 123 Å². The Balaban J connectivity index is 4.00. The standard InChI is InChI=1S/C16H31O2S/c1-7-13(8-10-15(2,3)4)9-11-19-14(18)16(5,6)12-17/h17H,7-12H2,1-6H3/q-1. The summed E-state index contributed by atoms with van der Waals surface area (Å²) in [6, 6.07) is 0. The number of carbonyl (C=O) groups is 1. The molecule has 0 aromatic rings. The number of rotatable bonds is 8. The molecular formula is C16H31O2S-. The van der Waals surface area contributed by atoms with Crippen molar-refractivity contribution in [3.63, 3.8) is 0 Å². The Morgan fingerprint density at radius 2 is 1.74 bits per heavy atom. The molecular weight excluding hydrogens is 256 g/mol. The lowest BCUT2D eigenvalue weighted by molar-refractivity contribution is -0.119. The zero-order chi connectivity index (χ0) is 15.1. The first kappa shape index (κ1) is 19.0. The summed E-state index contributed by atoms with van der Waals surface area (Å²) < 4.78 is 0. The van der Waals surface area contributed by atoms with Crippen LogP contribution in [0, 0.1) is 16.7 Å². The minimum Gasteiger partial charge on any atom is -0.395 e. The van der Waals surface area contributed by atoms with Crippen molar-refractivity contribution in [1.82, 2.24) is 0 Å². The van der Waals surface area contributed by atoms with Gasteiger partial charge in [0.05, 0.1) is 12.0 Å². The molecule has 114 valence electrons. The summed E-state index contributed by atoms with van der Waals surface area (Å²) in [7, 11) is 0. The van der Waals surface area contributed by atoms with Crippen LogP contribution in [-0.2, 0) is 4.79 Å². The van der Waals surface area contributed by atoms with Crippen molar-refractivity contribution in [3.8, 4) is 0 Å². The largest absolute Gasteiger partial charge is 0.395 e. The zero-order valence-corrected chi connectivity index (χ0v) is 14.3. The number of aliphatic hydroxyl groups is 1. The van der Waals surface area contributed by atoms with Gasteiger partial charge in [0.1, 0.15) is 0 Å². The van der Waals surface area contributed by atoms with E-state index in [4.69, 9.17) is 5.11 Å². The molecule has 0 atom stereocenters. The number of carbonyl (C=O) groups excluding carboxylic acids is 1. The highest BCUT2D eigenvalue weighted by atomic mass is 32.2. The van der Waals surface area contributed by atoms with Crippen LogP contribution >= 0.6 is 11.8 Å². The molecule has 0 saturated heterocycles. The minimum atomic E-state index is -0.609. The van der Waals surface area contributed by atoms with Crippen LogP contribution < -0.4 is 0 Å². The molecule has 0 heterocycles. The van der Waals surface area contributed by atoms with E-state index < -0.39 is 5.41 Å². The molecule has 19 heavy (non-hydrogen) atoms. The van der Waals surface area contributed by atoms with Crippen LogP contribution in [0.2, 0.25) is 0 Å². The normalized spacial score (nSPS) is 13.1. The smallest absolute Gasteiger partial charge is 0.196 e. The fourth-order valence-corrected chi connectivity index (χ4v) is 2.61. The van der Waals surface area contributed by atoms with E-state index in [-0.39, 0.29) is 11.7 Å². The van der Waals surface area contributed by atoms with Crippen molar-refractivity contribution >= 4 is 16.9 Å². The number of thioether (sulfide) groups is 1. The van der Waals surface area contributed by atoms with Crippen molar-refractivity contribution in [1.29, 1.82) is 0 Å². The van der Waals surface area contributed by atoms with E-state index in [9.17, 15) is 4.79 Å². The van der Waals surface area contributed by atoms with E-state index in [0.29, 0.717) is 5.41 Å². The molecule has 0 amide bonds. The van der Waals surface area contributed by atoms with Crippen molar-refractivity contribution in [3.05, 3.63) is 5.92 Å². The molecule has 2 nitrogen and oxygen atoms in total. The summed E-state index contributed by atoms with van der Waals surface area (Å²) in [6.45, 7) is 12.5. The summed E-state index contributed by atoms with van der Waals surface area (Å²) in [4.78, 5) is 11.9. The van der Waals surface area contributed by atoms with Gasteiger partial charge in [-0.3, -0.25) is 4.79 Å². The van der Waals surface area contributed by atoms with Crippen LogP contribution in [0.25, 0.3) is 0 Å². The molecule has 0 aromatic heterocycles. The predicted molar refractivity (Wildman–Crippen MR) is 85.2 cm³/mol. The molecule has 0 fully saturated rings.